The lowest BCUT2D eigenvalue weighted by atomic mass is 9.84. The van der Waals surface area contributed by atoms with E-state index in [9.17, 15) is 9.59 Å². The van der Waals surface area contributed by atoms with Gasteiger partial charge in [-0.3, -0.25) is 0 Å². The van der Waals surface area contributed by atoms with Crippen LogP contribution in [0.25, 0.3) is 0 Å². The Morgan fingerprint density at radius 3 is 3.08 bits per heavy atom. The number of fused-ring (bicyclic) bond motifs is 3. The number of terminal acetylenes is 1. The van der Waals surface area contributed by atoms with Crippen molar-refractivity contribution in [3.05, 3.63) is 23.8 Å². The van der Waals surface area contributed by atoms with Crippen LogP contribution in [0.4, 0.5) is 4.79 Å². The van der Waals surface area contributed by atoms with E-state index in [1.807, 2.05) is 6.92 Å². The van der Waals surface area contributed by atoms with Crippen molar-refractivity contribution in [2.24, 2.45) is 5.92 Å². The zero-order valence-electron chi connectivity index (χ0n) is 14.3. The normalized spacial score (nSPS) is 36.0. The fraction of sp³-hybridized carbons (Fsp3) is 0.579. The summed E-state index contributed by atoms with van der Waals surface area (Å²) in [5, 5.41) is 0. The van der Waals surface area contributed by atoms with Gasteiger partial charge in [-0.1, -0.05) is 18.6 Å². The molecule has 6 heteroatoms. The van der Waals surface area contributed by atoms with Crippen LogP contribution >= 0.6 is 0 Å². The summed E-state index contributed by atoms with van der Waals surface area (Å²) in [6, 6.07) is 0. The van der Waals surface area contributed by atoms with E-state index in [0.29, 0.717) is 18.4 Å². The largest absolute Gasteiger partial charge is 0.509 e. The number of carbonyl (C=O) groups excluding carboxylic acids is 2. The molecule has 25 heavy (non-hydrogen) atoms. The molecule has 2 saturated heterocycles. The fourth-order valence-electron chi connectivity index (χ4n) is 3.54. The minimum absolute atomic E-state index is 0.0642. The summed E-state index contributed by atoms with van der Waals surface area (Å²) in [5.41, 5.74) is 1.20. The zero-order chi connectivity index (χ0) is 18.0. The second-order valence-electron chi connectivity index (χ2n) is 6.82. The van der Waals surface area contributed by atoms with Crippen molar-refractivity contribution in [3.63, 3.8) is 0 Å². The van der Waals surface area contributed by atoms with E-state index < -0.39 is 6.16 Å². The fourth-order valence-corrected chi connectivity index (χ4v) is 3.54. The van der Waals surface area contributed by atoms with Crippen LogP contribution in [0.1, 0.15) is 32.6 Å². The first-order valence-corrected chi connectivity index (χ1v) is 8.43. The summed E-state index contributed by atoms with van der Waals surface area (Å²) in [6.45, 7) is 5.94. The number of hydrogen-bond donors (Lipinski definition) is 0. The van der Waals surface area contributed by atoms with Gasteiger partial charge in [-0.25, -0.2) is 9.59 Å². The highest BCUT2D eigenvalue weighted by molar-refractivity contribution is 5.91. The van der Waals surface area contributed by atoms with Crippen LogP contribution in [-0.4, -0.2) is 43.1 Å². The Morgan fingerprint density at radius 1 is 1.52 bits per heavy atom. The molecule has 0 unspecified atom stereocenters. The minimum atomic E-state index is -0.782. The lowest BCUT2D eigenvalue weighted by Gasteiger charge is -2.20. The van der Waals surface area contributed by atoms with E-state index >= 15 is 0 Å². The summed E-state index contributed by atoms with van der Waals surface area (Å²) in [5.74, 6) is 1.80. The van der Waals surface area contributed by atoms with Gasteiger partial charge < -0.3 is 18.9 Å². The lowest BCUT2D eigenvalue weighted by molar-refractivity contribution is -0.140. The monoisotopic (exact) mass is 346 g/mol. The maximum Gasteiger partial charge on any atom is 0.509 e. The standard InChI is InChI=1S/C19H22O6/c1-4-10-22-18(21)23-11-13-6-5-9-19(3)16(25-19)15-14(8-7-13)12(2)17(20)24-15/h1,6,14-16H,2,5,7-11H2,3H3/b13-6+/t14-,15-,16-,19+/m0/s1. The highest BCUT2D eigenvalue weighted by Crippen LogP contribution is 2.49. The average molecular weight is 346 g/mol. The highest BCUT2D eigenvalue weighted by Gasteiger charge is 2.61. The number of esters is 1. The Balaban J connectivity index is 1.66. The van der Waals surface area contributed by atoms with Crippen molar-refractivity contribution in [1.82, 2.24) is 0 Å². The van der Waals surface area contributed by atoms with Gasteiger partial charge in [0.1, 0.15) is 18.8 Å². The molecule has 0 aromatic rings. The maximum atomic E-state index is 11.9. The molecule has 2 aliphatic heterocycles. The van der Waals surface area contributed by atoms with Crippen LogP contribution in [0.3, 0.4) is 0 Å². The number of rotatable bonds is 3. The second-order valence-corrected chi connectivity index (χ2v) is 6.82. The maximum absolute atomic E-state index is 11.9. The van der Waals surface area contributed by atoms with Crippen molar-refractivity contribution < 1.29 is 28.5 Å². The molecular formula is C19H22O6. The zero-order valence-corrected chi connectivity index (χ0v) is 14.3. The van der Waals surface area contributed by atoms with Gasteiger partial charge in [-0.05, 0) is 38.2 Å². The van der Waals surface area contributed by atoms with Gasteiger partial charge in [0.05, 0.1) is 5.60 Å². The van der Waals surface area contributed by atoms with Crippen LogP contribution in [0, 0.1) is 18.3 Å². The summed E-state index contributed by atoms with van der Waals surface area (Å²) in [6.07, 6.45) is 8.98. The van der Waals surface area contributed by atoms with Gasteiger partial charge in [0.25, 0.3) is 0 Å². The molecule has 0 N–H and O–H groups in total. The van der Waals surface area contributed by atoms with Gasteiger partial charge >= 0.3 is 12.1 Å². The number of ether oxygens (including phenoxy) is 4. The highest BCUT2D eigenvalue weighted by atomic mass is 16.7. The Bertz CT molecular complexity index is 657. The number of carbonyl (C=O) groups is 2. The van der Waals surface area contributed by atoms with Crippen LogP contribution in [0.5, 0.6) is 0 Å². The van der Waals surface area contributed by atoms with Gasteiger partial charge in [-0.2, -0.15) is 0 Å². The molecule has 0 amide bonds. The number of allylic oxidation sites excluding steroid dienone is 1. The predicted molar refractivity (Wildman–Crippen MR) is 88.5 cm³/mol. The Labute approximate surface area is 147 Å². The van der Waals surface area contributed by atoms with Gasteiger partial charge in [0, 0.05) is 11.5 Å². The third-order valence-electron chi connectivity index (χ3n) is 5.09. The molecule has 3 aliphatic rings. The first kappa shape index (κ1) is 17.6. The Morgan fingerprint density at radius 2 is 2.32 bits per heavy atom. The molecule has 2 heterocycles. The van der Waals surface area contributed by atoms with Crippen molar-refractivity contribution in [2.45, 2.75) is 50.4 Å². The molecule has 0 aromatic carbocycles. The number of hydrogen-bond acceptors (Lipinski definition) is 6. The molecule has 0 spiro atoms. The number of epoxide rings is 1. The average Bonchev–Trinajstić information content (AvgIpc) is 3.17. The minimum Gasteiger partial charge on any atom is -0.455 e. The summed E-state index contributed by atoms with van der Waals surface area (Å²) < 4.78 is 21.1. The first-order valence-electron chi connectivity index (χ1n) is 8.43. The molecule has 0 saturated carbocycles. The third kappa shape index (κ3) is 3.72. The smallest absolute Gasteiger partial charge is 0.455 e. The predicted octanol–water partition coefficient (Wildman–Crippen LogP) is 2.53. The first-order chi connectivity index (χ1) is 11.9. The van der Waals surface area contributed by atoms with E-state index in [1.165, 1.54) is 0 Å². The van der Waals surface area contributed by atoms with E-state index in [-0.39, 0.29) is 42.9 Å². The van der Waals surface area contributed by atoms with Crippen LogP contribution in [-0.2, 0) is 23.7 Å². The van der Waals surface area contributed by atoms with Crippen LogP contribution < -0.4 is 0 Å². The quantitative estimate of drug-likeness (QED) is 0.257. The third-order valence-corrected chi connectivity index (χ3v) is 5.09. The molecule has 2 fully saturated rings. The molecule has 1 aliphatic carbocycles. The molecule has 4 atom stereocenters. The van der Waals surface area contributed by atoms with E-state index in [0.717, 1.165) is 18.4 Å². The summed E-state index contributed by atoms with van der Waals surface area (Å²) in [7, 11) is 0. The van der Waals surface area contributed by atoms with E-state index in [4.69, 9.17) is 25.4 Å². The van der Waals surface area contributed by atoms with E-state index in [2.05, 4.69) is 18.6 Å². The van der Waals surface area contributed by atoms with Crippen molar-refractivity contribution >= 4 is 12.1 Å². The van der Waals surface area contributed by atoms with Gasteiger partial charge in [0.2, 0.25) is 0 Å². The molecule has 0 bridgehead atoms. The Kier molecular flexibility index (Phi) is 4.87. The molecule has 0 aromatic heterocycles. The van der Waals surface area contributed by atoms with Crippen molar-refractivity contribution in [3.8, 4) is 12.3 Å². The van der Waals surface area contributed by atoms with Gasteiger partial charge in [-0.15, -0.1) is 6.42 Å². The molecule has 0 radical (unpaired) electrons. The molecular weight excluding hydrogens is 324 g/mol. The molecule has 3 rings (SSSR count). The van der Waals surface area contributed by atoms with Crippen LogP contribution in [0.2, 0.25) is 0 Å². The van der Waals surface area contributed by atoms with E-state index in [1.54, 1.807) is 0 Å². The van der Waals surface area contributed by atoms with Crippen molar-refractivity contribution in [2.75, 3.05) is 13.2 Å². The SMILES string of the molecule is C#CCOC(=O)OC/C1=C/CC[C@@]2(C)O[C@H]2[C@H]2OC(=O)C(=C)[C@@H]2CC1. The molecule has 134 valence electrons. The van der Waals surface area contributed by atoms with Crippen LogP contribution in [0.15, 0.2) is 23.8 Å². The topological polar surface area (TPSA) is 74.4 Å². The summed E-state index contributed by atoms with van der Waals surface area (Å²) >= 11 is 0. The van der Waals surface area contributed by atoms with Crippen molar-refractivity contribution in [1.29, 1.82) is 0 Å². The summed E-state index contributed by atoms with van der Waals surface area (Å²) in [4.78, 5) is 23.4. The lowest BCUT2D eigenvalue weighted by Crippen LogP contribution is -2.29. The second kappa shape index (κ2) is 6.93. The van der Waals surface area contributed by atoms with Gasteiger partial charge in [0.15, 0.2) is 6.61 Å². The Hall–Kier alpha value is -2.26. The molecule has 6 nitrogen and oxygen atoms in total.